The van der Waals surface area contributed by atoms with Crippen LogP contribution in [0.2, 0.25) is 0 Å². The summed E-state index contributed by atoms with van der Waals surface area (Å²) in [5.74, 6) is -0.170. The summed E-state index contributed by atoms with van der Waals surface area (Å²) in [6.07, 6.45) is 5.53. The van der Waals surface area contributed by atoms with Crippen LogP contribution >= 0.6 is 15.9 Å². The SMILES string of the molecule is O=C(NC1CCCCCC1Br)c1ccc([N+](=O)[O-])cc1. The predicted molar refractivity (Wildman–Crippen MR) is 80.2 cm³/mol. The molecular weight excluding hydrogens is 324 g/mol. The molecule has 1 saturated carbocycles. The van der Waals surface area contributed by atoms with E-state index in [0.29, 0.717) is 10.4 Å². The van der Waals surface area contributed by atoms with Gasteiger partial charge >= 0.3 is 0 Å². The summed E-state index contributed by atoms with van der Waals surface area (Å²) in [6.45, 7) is 0. The standard InChI is InChI=1S/C14H17BrN2O3/c15-12-4-2-1-3-5-13(12)16-14(18)10-6-8-11(9-7-10)17(19)20/h6-9,12-13H,1-5H2,(H,16,18). The average Bonchev–Trinajstić information content (AvgIpc) is 2.64. The Morgan fingerprint density at radius 3 is 2.50 bits per heavy atom. The number of rotatable bonds is 3. The first-order valence-corrected chi connectivity index (χ1v) is 7.69. The van der Waals surface area contributed by atoms with Gasteiger partial charge in [-0.15, -0.1) is 0 Å². The topological polar surface area (TPSA) is 72.2 Å². The lowest BCUT2D eigenvalue weighted by atomic mass is 10.1. The first-order chi connectivity index (χ1) is 9.58. The van der Waals surface area contributed by atoms with Crippen LogP contribution in [0.25, 0.3) is 0 Å². The van der Waals surface area contributed by atoms with Gasteiger partial charge in [0.25, 0.3) is 11.6 Å². The van der Waals surface area contributed by atoms with Crippen molar-refractivity contribution in [3.8, 4) is 0 Å². The molecule has 1 aromatic carbocycles. The van der Waals surface area contributed by atoms with Crippen LogP contribution in [0.3, 0.4) is 0 Å². The molecule has 2 atom stereocenters. The van der Waals surface area contributed by atoms with Gasteiger partial charge in [-0.3, -0.25) is 14.9 Å². The highest BCUT2D eigenvalue weighted by atomic mass is 79.9. The Morgan fingerprint density at radius 1 is 1.20 bits per heavy atom. The third kappa shape index (κ3) is 3.79. The third-order valence-electron chi connectivity index (χ3n) is 3.59. The van der Waals surface area contributed by atoms with Crippen molar-refractivity contribution in [3.63, 3.8) is 0 Å². The van der Waals surface area contributed by atoms with Gasteiger partial charge in [-0.1, -0.05) is 35.2 Å². The van der Waals surface area contributed by atoms with Gasteiger partial charge in [0.1, 0.15) is 0 Å². The zero-order valence-electron chi connectivity index (χ0n) is 11.0. The number of halogens is 1. The largest absolute Gasteiger partial charge is 0.348 e. The summed E-state index contributed by atoms with van der Waals surface area (Å²) in [4.78, 5) is 22.6. The number of non-ortho nitro benzene ring substituents is 1. The predicted octanol–water partition coefficient (Wildman–Crippen LogP) is 3.42. The summed E-state index contributed by atoms with van der Waals surface area (Å²) in [6, 6.07) is 5.82. The van der Waals surface area contributed by atoms with Gasteiger partial charge in [0.2, 0.25) is 0 Å². The second-order valence-electron chi connectivity index (χ2n) is 5.04. The molecule has 0 bridgehead atoms. The van der Waals surface area contributed by atoms with E-state index in [2.05, 4.69) is 21.2 Å². The zero-order valence-corrected chi connectivity index (χ0v) is 12.6. The molecule has 1 aliphatic rings. The van der Waals surface area contributed by atoms with Gasteiger partial charge in [-0.2, -0.15) is 0 Å². The lowest BCUT2D eigenvalue weighted by Gasteiger charge is -2.21. The molecule has 0 aliphatic heterocycles. The number of carbonyl (C=O) groups excluding carboxylic acids is 1. The summed E-state index contributed by atoms with van der Waals surface area (Å²) in [5.41, 5.74) is 0.453. The number of nitrogens with zero attached hydrogens (tertiary/aromatic N) is 1. The fraction of sp³-hybridized carbons (Fsp3) is 0.500. The monoisotopic (exact) mass is 340 g/mol. The first kappa shape index (κ1) is 15.0. The highest BCUT2D eigenvalue weighted by Crippen LogP contribution is 2.24. The zero-order chi connectivity index (χ0) is 14.5. The van der Waals surface area contributed by atoms with Crippen LogP contribution in [0.4, 0.5) is 5.69 Å². The molecule has 6 heteroatoms. The van der Waals surface area contributed by atoms with Crippen molar-refractivity contribution in [2.45, 2.75) is 43.0 Å². The fourth-order valence-electron chi connectivity index (χ4n) is 2.41. The normalized spacial score (nSPS) is 22.9. The van der Waals surface area contributed by atoms with E-state index in [0.717, 1.165) is 19.3 Å². The van der Waals surface area contributed by atoms with Crippen molar-refractivity contribution >= 4 is 27.5 Å². The molecule has 0 spiro atoms. The summed E-state index contributed by atoms with van der Waals surface area (Å²) >= 11 is 3.63. The van der Waals surface area contributed by atoms with Gasteiger partial charge in [-0.25, -0.2) is 0 Å². The van der Waals surface area contributed by atoms with Crippen molar-refractivity contribution in [1.29, 1.82) is 0 Å². The number of hydrogen-bond acceptors (Lipinski definition) is 3. The van der Waals surface area contributed by atoms with Gasteiger partial charge in [0, 0.05) is 28.6 Å². The number of nitro groups is 1. The van der Waals surface area contributed by atoms with Crippen LogP contribution in [0.15, 0.2) is 24.3 Å². The lowest BCUT2D eigenvalue weighted by Crippen LogP contribution is -2.40. The van der Waals surface area contributed by atoms with Crippen molar-refractivity contribution < 1.29 is 9.72 Å². The van der Waals surface area contributed by atoms with Gasteiger partial charge in [-0.05, 0) is 25.0 Å². The number of benzene rings is 1. The minimum atomic E-state index is -0.471. The van der Waals surface area contributed by atoms with E-state index in [-0.39, 0.29) is 17.6 Å². The van der Waals surface area contributed by atoms with E-state index in [4.69, 9.17) is 0 Å². The van der Waals surface area contributed by atoms with Crippen LogP contribution in [0.1, 0.15) is 42.5 Å². The van der Waals surface area contributed by atoms with E-state index < -0.39 is 4.92 Å². The smallest absolute Gasteiger partial charge is 0.269 e. The molecule has 2 unspecified atom stereocenters. The number of nitro benzene ring substituents is 1. The quantitative estimate of drug-likeness (QED) is 0.396. The van der Waals surface area contributed by atoms with Crippen LogP contribution in [-0.4, -0.2) is 21.7 Å². The Bertz CT molecular complexity index is 490. The number of amides is 1. The van der Waals surface area contributed by atoms with E-state index in [1.54, 1.807) is 0 Å². The Hall–Kier alpha value is -1.43. The minimum Gasteiger partial charge on any atom is -0.348 e. The minimum absolute atomic E-state index is 0.00520. The van der Waals surface area contributed by atoms with Crippen LogP contribution in [0, 0.1) is 10.1 Å². The first-order valence-electron chi connectivity index (χ1n) is 6.77. The maximum Gasteiger partial charge on any atom is 0.269 e. The van der Waals surface area contributed by atoms with Gasteiger partial charge in [0.05, 0.1) is 4.92 Å². The van der Waals surface area contributed by atoms with E-state index in [1.807, 2.05) is 0 Å². The van der Waals surface area contributed by atoms with Crippen molar-refractivity contribution in [3.05, 3.63) is 39.9 Å². The van der Waals surface area contributed by atoms with Crippen LogP contribution in [-0.2, 0) is 0 Å². The maximum atomic E-state index is 12.2. The highest BCUT2D eigenvalue weighted by molar-refractivity contribution is 9.09. The van der Waals surface area contributed by atoms with Gasteiger partial charge < -0.3 is 5.32 Å². The molecule has 1 amide bonds. The molecule has 0 heterocycles. The Kier molecular flexibility index (Phi) is 5.11. The van der Waals surface area contributed by atoms with E-state index >= 15 is 0 Å². The number of carbonyl (C=O) groups is 1. The van der Waals surface area contributed by atoms with E-state index in [9.17, 15) is 14.9 Å². The number of nitrogens with one attached hydrogen (secondary N) is 1. The van der Waals surface area contributed by atoms with Crippen LogP contribution < -0.4 is 5.32 Å². The van der Waals surface area contributed by atoms with Crippen molar-refractivity contribution in [2.75, 3.05) is 0 Å². The number of hydrogen-bond donors (Lipinski definition) is 1. The molecule has 2 rings (SSSR count). The van der Waals surface area contributed by atoms with Crippen LogP contribution in [0.5, 0.6) is 0 Å². The summed E-state index contributed by atoms with van der Waals surface area (Å²) in [5, 5.41) is 13.6. The molecule has 0 saturated heterocycles. The third-order valence-corrected chi connectivity index (χ3v) is 4.68. The molecule has 5 nitrogen and oxygen atoms in total. The molecule has 1 aliphatic carbocycles. The molecule has 108 valence electrons. The molecular formula is C14H17BrN2O3. The van der Waals surface area contributed by atoms with Crippen molar-refractivity contribution in [1.82, 2.24) is 5.32 Å². The summed E-state index contributed by atoms with van der Waals surface area (Å²) in [7, 11) is 0. The Morgan fingerprint density at radius 2 is 1.85 bits per heavy atom. The maximum absolute atomic E-state index is 12.2. The average molecular weight is 341 g/mol. The lowest BCUT2D eigenvalue weighted by molar-refractivity contribution is -0.384. The number of alkyl halides is 1. The molecule has 1 fully saturated rings. The second-order valence-corrected chi connectivity index (χ2v) is 6.21. The summed E-state index contributed by atoms with van der Waals surface area (Å²) < 4.78 is 0. The molecule has 0 radical (unpaired) electrons. The highest BCUT2D eigenvalue weighted by Gasteiger charge is 2.23. The molecule has 20 heavy (non-hydrogen) atoms. The molecule has 1 aromatic rings. The Labute approximate surface area is 126 Å². The fourth-order valence-corrected chi connectivity index (χ4v) is 3.13. The molecule has 0 aromatic heterocycles. The van der Waals surface area contributed by atoms with Crippen molar-refractivity contribution in [2.24, 2.45) is 0 Å². The van der Waals surface area contributed by atoms with Gasteiger partial charge in [0.15, 0.2) is 0 Å². The Balaban J connectivity index is 2.01. The molecule has 1 N–H and O–H groups in total. The second kappa shape index (κ2) is 6.83. The van der Waals surface area contributed by atoms with E-state index in [1.165, 1.54) is 37.1 Å².